The summed E-state index contributed by atoms with van der Waals surface area (Å²) < 4.78 is 5.71. The highest BCUT2D eigenvalue weighted by molar-refractivity contribution is 14.1. The maximum atomic E-state index is 10.7. The number of nitrogens with zero attached hydrogens (tertiary/aromatic N) is 2. The SMILES string of the molecule is CCN(C(=O)O)c1nc(CI)co1. The van der Waals surface area contributed by atoms with Gasteiger partial charge in [0.25, 0.3) is 0 Å². The van der Waals surface area contributed by atoms with Gasteiger partial charge in [-0.3, -0.25) is 0 Å². The highest BCUT2D eigenvalue weighted by Gasteiger charge is 2.17. The molecule has 1 rings (SSSR count). The maximum Gasteiger partial charge on any atom is 0.415 e. The smallest absolute Gasteiger partial charge is 0.415 e. The number of hydrogen-bond acceptors (Lipinski definition) is 3. The molecule has 1 heterocycles. The average Bonchev–Trinajstić information content (AvgIpc) is 2.53. The molecule has 0 unspecified atom stereocenters. The molecule has 0 fully saturated rings. The minimum Gasteiger partial charge on any atom is -0.465 e. The second-order valence-electron chi connectivity index (χ2n) is 2.28. The lowest BCUT2D eigenvalue weighted by atomic mass is 10.6. The third-order valence-electron chi connectivity index (χ3n) is 1.45. The van der Waals surface area contributed by atoms with Crippen LogP contribution >= 0.6 is 22.6 Å². The molecule has 13 heavy (non-hydrogen) atoms. The minimum atomic E-state index is -1.05. The molecule has 5 nitrogen and oxygen atoms in total. The van der Waals surface area contributed by atoms with Crippen molar-refractivity contribution in [3.63, 3.8) is 0 Å². The molecule has 0 aliphatic carbocycles. The number of carbonyl (C=O) groups is 1. The topological polar surface area (TPSA) is 66.6 Å². The maximum absolute atomic E-state index is 10.7. The zero-order chi connectivity index (χ0) is 9.84. The van der Waals surface area contributed by atoms with Crippen LogP contribution in [0.25, 0.3) is 0 Å². The Morgan fingerprint density at radius 3 is 2.92 bits per heavy atom. The average molecular weight is 296 g/mol. The van der Waals surface area contributed by atoms with Gasteiger partial charge in [-0.05, 0) is 6.92 Å². The Labute approximate surface area is 88.9 Å². The van der Waals surface area contributed by atoms with Crippen LogP contribution in [0.5, 0.6) is 0 Å². The summed E-state index contributed by atoms with van der Waals surface area (Å²) in [4.78, 5) is 15.7. The number of amides is 1. The Morgan fingerprint density at radius 2 is 2.54 bits per heavy atom. The van der Waals surface area contributed by atoms with Crippen LogP contribution in [0.1, 0.15) is 12.6 Å². The van der Waals surface area contributed by atoms with Gasteiger partial charge in [-0.1, -0.05) is 22.6 Å². The fourth-order valence-corrected chi connectivity index (χ4v) is 1.18. The molecule has 0 bridgehead atoms. The second kappa shape index (κ2) is 4.45. The highest BCUT2D eigenvalue weighted by atomic mass is 127. The molecule has 1 amide bonds. The first-order chi connectivity index (χ1) is 6.19. The van der Waals surface area contributed by atoms with Gasteiger partial charge in [0.1, 0.15) is 6.26 Å². The molecular formula is C7H9IN2O3. The first-order valence-electron chi connectivity index (χ1n) is 3.69. The fourth-order valence-electron chi connectivity index (χ4n) is 0.834. The molecule has 0 aromatic carbocycles. The molecule has 6 heteroatoms. The summed E-state index contributed by atoms with van der Waals surface area (Å²) in [7, 11) is 0. The van der Waals surface area contributed by atoms with Gasteiger partial charge in [-0.2, -0.15) is 4.98 Å². The normalized spacial score (nSPS) is 10.0. The summed E-state index contributed by atoms with van der Waals surface area (Å²) in [5.74, 6) is 0. The van der Waals surface area contributed by atoms with Gasteiger partial charge in [0.2, 0.25) is 0 Å². The van der Waals surface area contributed by atoms with E-state index in [4.69, 9.17) is 9.52 Å². The summed E-state index contributed by atoms with van der Waals surface area (Å²) >= 11 is 2.13. The van der Waals surface area contributed by atoms with Crippen molar-refractivity contribution in [2.24, 2.45) is 0 Å². The van der Waals surface area contributed by atoms with Gasteiger partial charge in [0.05, 0.1) is 5.69 Å². The van der Waals surface area contributed by atoms with E-state index >= 15 is 0 Å². The number of oxazole rings is 1. The Kier molecular flexibility index (Phi) is 3.52. The summed E-state index contributed by atoms with van der Waals surface area (Å²) in [6, 6.07) is 0.140. The lowest BCUT2D eigenvalue weighted by Crippen LogP contribution is -2.28. The van der Waals surface area contributed by atoms with Gasteiger partial charge >= 0.3 is 12.1 Å². The lowest BCUT2D eigenvalue weighted by Gasteiger charge is -2.10. The minimum absolute atomic E-state index is 0.140. The Bertz CT molecular complexity index is 300. The number of carboxylic acid groups (broad SMARTS) is 1. The van der Waals surface area contributed by atoms with Crippen molar-refractivity contribution in [1.82, 2.24) is 4.98 Å². The van der Waals surface area contributed by atoms with Crippen molar-refractivity contribution in [3.8, 4) is 0 Å². The van der Waals surface area contributed by atoms with Gasteiger partial charge in [0, 0.05) is 11.0 Å². The van der Waals surface area contributed by atoms with Crippen molar-refractivity contribution in [3.05, 3.63) is 12.0 Å². The van der Waals surface area contributed by atoms with Crippen LogP contribution in [-0.4, -0.2) is 22.7 Å². The highest BCUT2D eigenvalue weighted by Crippen LogP contribution is 2.15. The van der Waals surface area contributed by atoms with Crippen LogP contribution in [0.3, 0.4) is 0 Å². The molecule has 0 radical (unpaired) electrons. The monoisotopic (exact) mass is 296 g/mol. The molecule has 0 spiro atoms. The first-order valence-corrected chi connectivity index (χ1v) is 5.22. The number of anilines is 1. The summed E-state index contributed by atoms with van der Waals surface area (Å²) in [5.41, 5.74) is 0.746. The van der Waals surface area contributed by atoms with E-state index in [1.165, 1.54) is 6.26 Å². The summed E-state index contributed by atoms with van der Waals surface area (Å²) in [5, 5.41) is 8.73. The standard InChI is InChI=1S/C7H9IN2O3/c1-2-10(7(11)12)6-9-5(3-8)4-13-6/h4H,2-3H2,1H3,(H,11,12). The molecule has 0 aliphatic rings. The van der Waals surface area contributed by atoms with Crippen LogP contribution in [0, 0.1) is 0 Å². The van der Waals surface area contributed by atoms with E-state index in [2.05, 4.69) is 27.6 Å². The number of hydrogen-bond donors (Lipinski definition) is 1. The fraction of sp³-hybridized carbons (Fsp3) is 0.429. The van der Waals surface area contributed by atoms with E-state index in [0.717, 1.165) is 10.6 Å². The predicted octanol–water partition coefficient (Wildman–Crippen LogP) is 2.11. The third-order valence-corrected chi connectivity index (χ3v) is 2.24. The predicted molar refractivity (Wildman–Crippen MR) is 55.3 cm³/mol. The van der Waals surface area contributed by atoms with E-state index in [0.29, 0.717) is 11.0 Å². The third kappa shape index (κ3) is 2.33. The Balaban J connectivity index is 2.85. The molecule has 1 N–H and O–H groups in total. The molecule has 1 aromatic rings. The molecule has 1 aromatic heterocycles. The van der Waals surface area contributed by atoms with Crippen LogP contribution in [0.4, 0.5) is 10.8 Å². The quantitative estimate of drug-likeness (QED) is 0.685. The van der Waals surface area contributed by atoms with Gasteiger partial charge in [-0.15, -0.1) is 0 Å². The first kappa shape index (κ1) is 10.3. The zero-order valence-corrected chi connectivity index (χ0v) is 9.19. The van der Waals surface area contributed by atoms with Crippen molar-refractivity contribution >= 4 is 34.7 Å². The van der Waals surface area contributed by atoms with E-state index in [1.54, 1.807) is 6.92 Å². The summed E-state index contributed by atoms with van der Waals surface area (Å²) in [6.45, 7) is 2.05. The summed E-state index contributed by atoms with van der Waals surface area (Å²) in [6.07, 6.45) is 0.414. The van der Waals surface area contributed by atoms with Crippen molar-refractivity contribution < 1.29 is 14.3 Å². The lowest BCUT2D eigenvalue weighted by molar-refractivity contribution is 0.200. The zero-order valence-electron chi connectivity index (χ0n) is 7.03. The van der Waals surface area contributed by atoms with E-state index < -0.39 is 6.09 Å². The number of aromatic nitrogens is 1. The molecular weight excluding hydrogens is 287 g/mol. The van der Waals surface area contributed by atoms with Crippen LogP contribution in [-0.2, 0) is 4.43 Å². The van der Waals surface area contributed by atoms with E-state index in [9.17, 15) is 4.79 Å². The van der Waals surface area contributed by atoms with Crippen LogP contribution in [0.15, 0.2) is 10.7 Å². The van der Waals surface area contributed by atoms with E-state index in [-0.39, 0.29) is 6.01 Å². The van der Waals surface area contributed by atoms with Crippen molar-refractivity contribution in [1.29, 1.82) is 0 Å². The van der Waals surface area contributed by atoms with Gasteiger partial charge in [-0.25, -0.2) is 9.69 Å². The van der Waals surface area contributed by atoms with Crippen molar-refractivity contribution in [2.45, 2.75) is 11.4 Å². The largest absolute Gasteiger partial charge is 0.465 e. The van der Waals surface area contributed by atoms with Crippen LogP contribution in [0.2, 0.25) is 0 Å². The number of rotatable bonds is 3. The molecule has 0 saturated heterocycles. The Hall–Kier alpha value is -0.790. The number of halogens is 1. The molecule has 0 saturated carbocycles. The Morgan fingerprint density at radius 1 is 1.85 bits per heavy atom. The number of alkyl halides is 1. The van der Waals surface area contributed by atoms with Gasteiger partial charge in [0.15, 0.2) is 0 Å². The van der Waals surface area contributed by atoms with Crippen molar-refractivity contribution in [2.75, 3.05) is 11.4 Å². The molecule has 72 valence electrons. The van der Waals surface area contributed by atoms with Gasteiger partial charge < -0.3 is 9.52 Å². The molecule has 0 aliphatic heterocycles. The van der Waals surface area contributed by atoms with E-state index in [1.807, 2.05) is 0 Å². The molecule has 0 atom stereocenters. The second-order valence-corrected chi connectivity index (χ2v) is 3.04. The van der Waals surface area contributed by atoms with Crippen LogP contribution < -0.4 is 4.90 Å².